The maximum Gasteiger partial charge on any atom is 0.338 e. The van der Waals surface area contributed by atoms with Crippen molar-refractivity contribution in [1.29, 1.82) is 0 Å². The predicted octanol–water partition coefficient (Wildman–Crippen LogP) is 3.57. The Morgan fingerprint density at radius 1 is 1.15 bits per heavy atom. The van der Waals surface area contributed by atoms with Gasteiger partial charge in [0.05, 0.1) is 11.3 Å². The second-order valence-corrected chi connectivity index (χ2v) is 8.57. The summed E-state index contributed by atoms with van der Waals surface area (Å²) in [5.74, 6) is 0.760. The number of carbonyl (C=O) groups excluding carboxylic acids is 3. The second-order valence-electron chi connectivity index (χ2n) is 8.57. The summed E-state index contributed by atoms with van der Waals surface area (Å²) in [7, 11) is 0. The molecule has 0 aromatic heterocycles. The summed E-state index contributed by atoms with van der Waals surface area (Å²) in [5, 5.41) is 0. The Kier molecular flexibility index (Phi) is 3.94. The van der Waals surface area contributed by atoms with E-state index in [-0.39, 0.29) is 36.7 Å². The SMILES string of the molecule is C[C@@H]1[C@@H](OC(=O)c2cccc(N3C(=O)CCC3=O)c2)C[C@@H]2C[C@H]1C2(C)C. The fourth-order valence-electron chi connectivity index (χ4n) is 5.10. The van der Waals surface area contributed by atoms with Crippen molar-refractivity contribution in [2.45, 2.75) is 52.6 Å². The summed E-state index contributed by atoms with van der Waals surface area (Å²) in [6.07, 6.45) is 2.55. The quantitative estimate of drug-likeness (QED) is 0.614. The summed E-state index contributed by atoms with van der Waals surface area (Å²) in [6.45, 7) is 6.81. The lowest BCUT2D eigenvalue weighted by molar-refractivity contribution is -0.156. The lowest BCUT2D eigenvalue weighted by Gasteiger charge is -2.61. The minimum absolute atomic E-state index is 0.0574. The smallest absolute Gasteiger partial charge is 0.338 e. The molecule has 4 aliphatic rings. The zero-order valence-corrected chi connectivity index (χ0v) is 15.5. The van der Waals surface area contributed by atoms with Crippen molar-refractivity contribution >= 4 is 23.5 Å². The van der Waals surface area contributed by atoms with Gasteiger partial charge in [-0.15, -0.1) is 0 Å². The van der Waals surface area contributed by atoms with Gasteiger partial charge >= 0.3 is 5.97 Å². The van der Waals surface area contributed by atoms with E-state index in [0.29, 0.717) is 34.4 Å². The molecular weight excluding hydrogens is 330 g/mol. The van der Waals surface area contributed by atoms with E-state index in [2.05, 4.69) is 20.8 Å². The molecule has 5 rings (SSSR count). The van der Waals surface area contributed by atoms with Crippen molar-refractivity contribution < 1.29 is 19.1 Å². The van der Waals surface area contributed by atoms with Gasteiger partial charge in [0.2, 0.25) is 11.8 Å². The standard InChI is InChI=1S/C21H25NO4/c1-12-16-10-14(21(16,2)3)11-17(12)26-20(25)13-5-4-6-15(9-13)22-18(23)7-8-19(22)24/h4-6,9,12,14,16-17H,7-8,10-11H2,1-3H3/t12-,14-,16+,17-/m0/s1. The van der Waals surface area contributed by atoms with Crippen LogP contribution >= 0.6 is 0 Å². The highest BCUT2D eigenvalue weighted by Crippen LogP contribution is 2.61. The molecule has 3 aliphatic carbocycles. The van der Waals surface area contributed by atoms with E-state index in [1.165, 1.54) is 6.42 Å². The van der Waals surface area contributed by atoms with Gasteiger partial charge in [0, 0.05) is 12.8 Å². The molecule has 5 nitrogen and oxygen atoms in total. The molecule has 1 aliphatic heterocycles. The highest BCUT2D eigenvalue weighted by molar-refractivity contribution is 6.20. The molecule has 26 heavy (non-hydrogen) atoms. The Morgan fingerprint density at radius 3 is 2.46 bits per heavy atom. The normalized spacial score (nSPS) is 32.3. The zero-order valence-electron chi connectivity index (χ0n) is 15.5. The fraction of sp³-hybridized carbons (Fsp3) is 0.571. The molecule has 138 valence electrons. The van der Waals surface area contributed by atoms with Crippen LogP contribution in [0.4, 0.5) is 5.69 Å². The first-order valence-electron chi connectivity index (χ1n) is 9.46. The van der Waals surface area contributed by atoms with Gasteiger partial charge in [-0.1, -0.05) is 26.8 Å². The monoisotopic (exact) mass is 355 g/mol. The summed E-state index contributed by atoms with van der Waals surface area (Å²) >= 11 is 0. The van der Waals surface area contributed by atoms with Crippen molar-refractivity contribution in [1.82, 2.24) is 0 Å². The third kappa shape index (κ3) is 2.56. The fourth-order valence-corrected chi connectivity index (χ4v) is 5.10. The Morgan fingerprint density at radius 2 is 1.85 bits per heavy atom. The molecule has 0 unspecified atom stereocenters. The summed E-state index contributed by atoms with van der Waals surface area (Å²) in [6, 6.07) is 6.63. The van der Waals surface area contributed by atoms with Gasteiger partial charge in [0.25, 0.3) is 0 Å². The van der Waals surface area contributed by atoms with E-state index in [1.807, 2.05) is 0 Å². The molecule has 3 saturated carbocycles. The number of hydrogen-bond acceptors (Lipinski definition) is 4. The van der Waals surface area contributed by atoms with Crippen LogP contribution < -0.4 is 4.90 Å². The minimum Gasteiger partial charge on any atom is -0.458 e. The highest BCUT2D eigenvalue weighted by atomic mass is 16.5. The van der Waals surface area contributed by atoms with Gasteiger partial charge in [0.1, 0.15) is 6.10 Å². The number of imide groups is 1. The molecule has 2 bridgehead atoms. The molecule has 2 amide bonds. The van der Waals surface area contributed by atoms with Gasteiger partial charge in [-0.05, 0) is 54.2 Å². The first-order chi connectivity index (χ1) is 12.3. The second kappa shape index (κ2) is 5.93. The molecule has 0 spiro atoms. The third-order valence-corrected chi connectivity index (χ3v) is 6.93. The number of benzene rings is 1. The first kappa shape index (κ1) is 17.3. The average molecular weight is 355 g/mol. The Bertz CT molecular complexity index is 768. The minimum atomic E-state index is -0.373. The average Bonchev–Trinajstić information content (AvgIpc) is 2.94. The Hall–Kier alpha value is -2.17. The molecule has 1 heterocycles. The van der Waals surface area contributed by atoms with Crippen LogP contribution in [0.5, 0.6) is 0 Å². The van der Waals surface area contributed by atoms with Gasteiger partial charge in [0.15, 0.2) is 0 Å². The molecule has 0 N–H and O–H groups in total. The largest absolute Gasteiger partial charge is 0.458 e. The van der Waals surface area contributed by atoms with E-state index in [9.17, 15) is 14.4 Å². The van der Waals surface area contributed by atoms with Gasteiger partial charge in [-0.2, -0.15) is 0 Å². The number of fused-ring (bicyclic) bond motifs is 2. The van der Waals surface area contributed by atoms with Crippen molar-refractivity contribution in [3.05, 3.63) is 29.8 Å². The zero-order chi connectivity index (χ0) is 18.6. The van der Waals surface area contributed by atoms with Crippen molar-refractivity contribution in [2.75, 3.05) is 4.90 Å². The maximum atomic E-state index is 12.7. The molecule has 4 fully saturated rings. The van der Waals surface area contributed by atoms with E-state index >= 15 is 0 Å². The topological polar surface area (TPSA) is 63.7 Å². The lowest BCUT2D eigenvalue weighted by atomic mass is 9.45. The van der Waals surface area contributed by atoms with Crippen LogP contribution in [-0.4, -0.2) is 23.9 Å². The first-order valence-corrected chi connectivity index (χ1v) is 9.46. The lowest BCUT2D eigenvalue weighted by Crippen LogP contribution is -2.57. The number of amides is 2. The van der Waals surface area contributed by atoms with E-state index < -0.39 is 0 Å². The number of carbonyl (C=O) groups is 3. The number of anilines is 1. The Balaban J connectivity index is 1.49. The van der Waals surface area contributed by atoms with E-state index in [4.69, 9.17) is 4.74 Å². The number of esters is 1. The van der Waals surface area contributed by atoms with Crippen LogP contribution in [0.15, 0.2) is 24.3 Å². The van der Waals surface area contributed by atoms with Crippen LogP contribution in [0.3, 0.4) is 0 Å². The number of ether oxygens (including phenoxy) is 1. The van der Waals surface area contributed by atoms with Crippen LogP contribution in [-0.2, 0) is 14.3 Å². The molecule has 1 aromatic carbocycles. The molecular formula is C21H25NO4. The number of rotatable bonds is 3. The van der Waals surface area contributed by atoms with Crippen LogP contribution in [0.25, 0.3) is 0 Å². The molecule has 1 aromatic rings. The van der Waals surface area contributed by atoms with Gasteiger partial charge in [-0.25, -0.2) is 4.79 Å². The van der Waals surface area contributed by atoms with Crippen LogP contribution in [0.2, 0.25) is 0 Å². The van der Waals surface area contributed by atoms with E-state index in [1.54, 1.807) is 24.3 Å². The Labute approximate surface area is 153 Å². The van der Waals surface area contributed by atoms with Crippen molar-refractivity contribution in [3.8, 4) is 0 Å². The molecule has 4 atom stereocenters. The highest BCUT2D eigenvalue weighted by Gasteiger charge is 2.57. The molecule has 0 radical (unpaired) electrons. The van der Waals surface area contributed by atoms with E-state index in [0.717, 1.165) is 11.3 Å². The maximum absolute atomic E-state index is 12.7. The molecule has 5 heteroatoms. The molecule has 1 saturated heterocycles. The third-order valence-electron chi connectivity index (χ3n) is 6.93. The number of nitrogens with zero attached hydrogens (tertiary/aromatic N) is 1. The predicted molar refractivity (Wildman–Crippen MR) is 96.5 cm³/mol. The van der Waals surface area contributed by atoms with Crippen molar-refractivity contribution in [3.63, 3.8) is 0 Å². The van der Waals surface area contributed by atoms with Gasteiger partial charge < -0.3 is 4.74 Å². The summed E-state index contributed by atoms with van der Waals surface area (Å²) in [5.41, 5.74) is 1.19. The number of hydrogen-bond donors (Lipinski definition) is 0. The summed E-state index contributed by atoms with van der Waals surface area (Å²) in [4.78, 5) is 37.7. The van der Waals surface area contributed by atoms with Crippen LogP contribution in [0, 0.1) is 23.2 Å². The van der Waals surface area contributed by atoms with Crippen molar-refractivity contribution in [2.24, 2.45) is 23.2 Å². The van der Waals surface area contributed by atoms with Gasteiger partial charge in [-0.3, -0.25) is 14.5 Å². The van der Waals surface area contributed by atoms with Crippen LogP contribution in [0.1, 0.15) is 56.8 Å². The summed E-state index contributed by atoms with van der Waals surface area (Å²) < 4.78 is 5.83.